The largest absolute Gasteiger partial charge is 0.0654 e. The molecule has 0 amide bonds. The van der Waals surface area contributed by atoms with Gasteiger partial charge in [-0.15, -0.1) is 0 Å². The van der Waals surface area contributed by atoms with Crippen LogP contribution in [0.15, 0.2) is 29.4 Å². The van der Waals surface area contributed by atoms with Crippen LogP contribution in [-0.2, 0) is 6.42 Å². The van der Waals surface area contributed by atoms with Crippen molar-refractivity contribution in [1.82, 2.24) is 0 Å². The number of hydrogen-bond acceptors (Lipinski definition) is 1. The Morgan fingerprint density at radius 2 is 1.93 bits per heavy atom. The van der Waals surface area contributed by atoms with Gasteiger partial charge in [0, 0.05) is 10.6 Å². The van der Waals surface area contributed by atoms with E-state index in [-0.39, 0.29) is 0 Å². The molecule has 0 N–H and O–H groups in total. The van der Waals surface area contributed by atoms with E-state index in [0.29, 0.717) is 5.69 Å². The van der Waals surface area contributed by atoms with Gasteiger partial charge in [-0.2, -0.15) is 0 Å². The molecule has 0 aromatic heterocycles. The Labute approximate surface area is 84.4 Å². The lowest BCUT2D eigenvalue weighted by atomic mass is 10.1. The maximum Gasteiger partial charge on any atom is 0.0375 e. The topological polar surface area (TPSA) is 48.8 Å². The van der Waals surface area contributed by atoms with Crippen molar-refractivity contribution in [2.75, 3.05) is 0 Å². The molecule has 0 spiro atoms. The van der Waals surface area contributed by atoms with E-state index in [9.17, 15) is 0 Å². The van der Waals surface area contributed by atoms with Crippen LogP contribution in [0, 0.1) is 0 Å². The van der Waals surface area contributed by atoms with Gasteiger partial charge in [-0.1, -0.05) is 49.1 Å². The highest BCUT2D eigenvalue weighted by Gasteiger charge is 1.93. The molecule has 0 fully saturated rings. The van der Waals surface area contributed by atoms with Crippen LogP contribution in [0.3, 0.4) is 0 Å². The van der Waals surface area contributed by atoms with Gasteiger partial charge in [0.15, 0.2) is 0 Å². The molecule has 0 bridgehead atoms. The van der Waals surface area contributed by atoms with Crippen LogP contribution < -0.4 is 0 Å². The van der Waals surface area contributed by atoms with Gasteiger partial charge in [-0.25, -0.2) is 0 Å². The third kappa shape index (κ3) is 3.50. The number of hydrogen-bond donors (Lipinski definition) is 0. The minimum absolute atomic E-state index is 0.687. The van der Waals surface area contributed by atoms with Crippen LogP contribution in [0.4, 0.5) is 5.69 Å². The lowest BCUT2D eigenvalue weighted by Crippen LogP contribution is -1.83. The van der Waals surface area contributed by atoms with Crippen molar-refractivity contribution in [2.45, 2.75) is 32.6 Å². The monoisotopic (exact) mass is 189 g/mol. The molecule has 1 aromatic carbocycles. The smallest absolute Gasteiger partial charge is 0.0375 e. The SMILES string of the molecule is CCCCCc1ccc(N=[N+]=[N-])cc1. The second-order valence-corrected chi connectivity index (χ2v) is 3.31. The van der Waals surface area contributed by atoms with Crippen LogP contribution in [0.1, 0.15) is 31.7 Å². The summed E-state index contributed by atoms with van der Waals surface area (Å²) in [5.41, 5.74) is 10.2. The molecule has 1 rings (SSSR count). The van der Waals surface area contributed by atoms with Crippen LogP contribution in [0.2, 0.25) is 0 Å². The number of unbranched alkanes of at least 4 members (excludes halogenated alkanes) is 2. The van der Waals surface area contributed by atoms with Crippen LogP contribution in [0.5, 0.6) is 0 Å². The van der Waals surface area contributed by atoms with E-state index in [4.69, 9.17) is 5.53 Å². The molecule has 0 saturated carbocycles. The first-order chi connectivity index (χ1) is 6.86. The average molecular weight is 189 g/mol. The fourth-order valence-electron chi connectivity index (χ4n) is 1.36. The van der Waals surface area contributed by atoms with Crippen molar-refractivity contribution in [2.24, 2.45) is 5.11 Å². The van der Waals surface area contributed by atoms with Crippen molar-refractivity contribution in [3.63, 3.8) is 0 Å². The molecule has 0 aliphatic heterocycles. The molecule has 0 heterocycles. The zero-order valence-corrected chi connectivity index (χ0v) is 8.48. The molecule has 1 aromatic rings. The molecular weight excluding hydrogens is 174 g/mol. The lowest BCUT2D eigenvalue weighted by Gasteiger charge is -2.00. The van der Waals surface area contributed by atoms with Crippen LogP contribution >= 0.6 is 0 Å². The van der Waals surface area contributed by atoms with Gasteiger partial charge in [0.2, 0.25) is 0 Å². The average Bonchev–Trinajstić information content (AvgIpc) is 2.21. The van der Waals surface area contributed by atoms with E-state index in [2.05, 4.69) is 16.9 Å². The molecule has 0 aliphatic rings. The summed E-state index contributed by atoms with van der Waals surface area (Å²) in [7, 11) is 0. The number of nitrogens with zero attached hydrogens (tertiary/aromatic N) is 3. The first-order valence-corrected chi connectivity index (χ1v) is 5.01. The van der Waals surface area contributed by atoms with E-state index in [1.165, 1.54) is 24.8 Å². The Morgan fingerprint density at radius 1 is 1.21 bits per heavy atom. The summed E-state index contributed by atoms with van der Waals surface area (Å²) in [5.74, 6) is 0. The van der Waals surface area contributed by atoms with E-state index >= 15 is 0 Å². The van der Waals surface area contributed by atoms with Gasteiger partial charge in [-0.3, -0.25) is 0 Å². The summed E-state index contributed by atoms with van der Waals surface area (Å²) < 4.78 is 0. The summed E-state index contributed by atoms with van der Waals surface area (Å²) in [6.07, 6.45) is 4.87. The quantitative estimate of drug-likeness (QED) is 0.286. The first-order valence-electron chi connectivity index (χ1n) is 5.01. The first kappa shape index (κ1) is 10.6. The van der Waals surface area contributed by atoms with Crippen molar-refractivity contribution in [3.8, 4) is 0 Å². The maximum absolute atomic E-state index is 8.22. The number of azide groups is 1. The molecular formula is C11H15N3. The third-order valence-electron chi connectivity index (χ3n) is 2.17. The summed E-state index contributed by atoms with van der Waals surface area (Å²) in [6.45, 7) is 2.20. The predicted octanol–water partition coefficient (Wildman–Crippen LogP) is 4.36. The van der Waals surface area contributed by atoms with Crippen molar-refractivity contribution in [1.29, 1.82) is 0 Å². The van der Waals surface area contributed by atoms with Gasteiger partial charge in [0.25, 0.3) is 0 Å². The molecule has 74 valence electrons. The van der Waals surface area contributed by atoms with Crippen molar-refractivity contribution in [3.05, 3.63) is 40.3 Å². The summed E-state index contributed by atoms with van der Waals surface area (Å²) in [4.78, 5) is 2.74. The van der Waals surface area contributed by atoms with Crippen LogP contribution in [0.25, 0.3) is 10.4 Å². The molecule has 0 saturated heterocycles. The molecule has 0 aliphatic carbocycles. The minimum Gasteiger partial charge on any atom is -0.0654 e. The Balaban J connectivity index is 2.50. The number of rotatable bonds is 5. The Kier molecular flexibility index (Phi) is 4.59. The normalized spacial score (nSPS) is 9.50. The summed E-state index contributed by atoms with van der Waals surface area (Å²) in [5, 5.41) is 3.52. The van der Waals surface area contributed by atoms with E-state index < -0.39 is 0 Å². The third-order valence-corrected chi connectivity index (χ3v) is 2.17. The molecule has 0 atom stereocenters. The number of aryl methyl sites for hydroxylation is 1. The Hall–Kier alpha value is -1.47. The van der Waals surface area contributed by atoms with Gasteiger partial charge >= 0.3 is 0 Å². The molecule has 3 heteroatoms. The van der Waals surface area contributed by atoms with E-state index in [1.807, 2.05) is 24.3 Å². The van der Waals surface area contributed by atoms with E-state index in [1.54, 1.807) is 0 Å². The predicted molar refractivity (Wildman–Crippen MR) is 58.5 cm³/mol. The molecule has 0 radical (unpaired) electrons. The number of benzene rings is 1. The fraction of sp³-hybridized carbons (Fsp3) is 0.455. The highest BCUT2D eigenvalue weighted by Crippen LogP contribution is 2.14. The summed E-state index contributed by atoms with van der Waals surface area (Å²) in [6, 6.07) is 7.78. The van der Waals surface area contributed by atoms with E-state index in [0.717, 1.165) is 6.42 Å². The standard InChI is InChI=1S/C11H15N3/c1-2-3-4-5-10-6-8-11(9-7-10)13-14-12/h6-9H,2-5H2,1H3. The van der Waals surface area contributed by atoms with Crippen molar-refractivity contribution < 1.29 is 0 Å². The minimum atomic E-state index is 0.687. The second kappa shape index (κ2) is 6.06. The van der Waals surface area contributed by atoms with Gasteiger partial charge in [-0.05, 0) is 23.9 Å². The maximum atomic E-state index is 8.22. The second-order valence-electron chi connectivity index (χ2n) is 3.31. The van der Waals surface area contributed by atoms with Gasteiger partial charge in [0.05, 0.1) is 0 Å². The fourth-order valence-corrected chi connectivity index (χ4v) is 1.36. The highest BCUT2D eigenvalue weighted by molar-refractivity contribution is 5.38. The Bertz CT molecular complexity index is 310. The van der Waals surface area contributed by atoms with Crippen LogP contribution in [-0.4, -0.2) is 0 Å². The zero-order chi connectivity index (χ0) is 10.2. The molecule has 3 nitrogen and oxygen atoms in total. The lowest BCUT2D eigenvalue weighted by molar-refractivity contribution is 0.717. The zero-order valence-electron chi connectivity index (χ0n) is 8.48. The molecule has 0 unspecified atom stereocenters. The van der Waals surface area contributed by atoms with Gasteiger partial charge in [0.1, 0.15) is 0 Å². The Morgan fingerprint density at radius 3 is 2.50 bits per heavy atom. The highest BCUT2D eigenvalue weighted by atomic mass is 15.1. The van der Waals surface area contributed by atoms with Crippen molar-refractivity contribution >= 4 is 5.69 Å². The van der Waals surface area contributed by atoms with Gasteiger partial charge < -0.3 is 0 Å². The molecule has 14 heavy (non-hydrogen) atoms. The summed E-state index contributed by atoms with van der Waals surface area (Å²) >= 11 is 0.